The third kappa shape index (κ3) is 5.52. The summed E-state index contributed by atoms with van der Waals surface area (Å²) in [5.74, 6) is 0.769. The molecule has 1 aliphatic rings. The summed E-state index contributed by atoms with van der Waals surface area (Å²) in [6, 6.07) is 16.5. The maximum atomic E-state index is 14.0. The molecule has 0 radical (unpaired) electrons. The van der Waals surface area contributed by atoms with E-state index in [0.717, 1.165) is 19.6 Å². The number of ether oxygens (including phenoxy) is 3. The van der Waals surface area contributed by atoms with Crippen LogP contribution in [0.5, 0.6) is 11.5 Å². The first kappa shape index (κ1) is 28.3. The summed E-state index contributed by atoms with van der Waals surface area (Å²) in [7, 11) is 1.60. The molecular weight excluding hydrogens is 659 g/mol. The number of fused-ring (bicyclic) bond motifs is 1. The molecule has 4 aromatic rings. The van der Waals surface area contributed by atoms with Gasteiger partial charge in [0, 0.05) is 10.4 Å². The first-order valence-electron chi connectivity index (χ1n) is 12.7. The van der Waals surface area contributed by atoms with Gasteiger partial charge in [-0.3, -0.25) is 9.36 Å². The normalized spacial score (nSPS) is 15.2. The smallest absolute Gasteiger partial charge is 0.338 e. The summed E-state index contributed by atoms with van der Waals surface area (Å²) < 4.78 is 20.0. The molecule has 7 nitrogen and oxygen atoms in total. The first-order chi connectivity index (χ1) is 19.3. The van der Waals surface area contributed by atoms with Gasteiger partial charge in [0.1, 0.15) is 6.04 Å². The van der Waals surface area contributed by atoms with E-state index in [1.165, 1.54) is 22.7 Å². The molecule has 2 aromatic carbocycles. The van der Waals surface area contributed by atoms with Gasteiger partial charge in [0.2, 0.25) is 0 Å². The lowest BCUT2D eigenvalue weighted by atomic mass is 9.97. The average molecular weight is 687 g/mol. The lowest BCUT2D eigenvalue weighted by Crippen LogP contribution is -2.39. The number of aromatic nitrogens is 1. The highest BCUT2D eigenvalue weighted by Crippen LogP contribution is 2.37. The second-order valence-corrected chi connectivity index (χ2v) is 12.3. The van der Waals surface area contributed by atoms with Gasteiger partial charge in [-0.25, -0.2) is 9.79 Å². The van der Waals surface area contributed by atoms with Gasteiger partial charge < -0.3 is 14.2 Å². The number of benzene rings is 2. The zero-order valence-electron chi connectivity index (χ0n) is 22.3. The maximum Gasteiger partial charge on any atom is 0.338 e. The average Bonchev–Trinajstić information content (AvgIpc) is 3.58. The Balaban J connectivity index is 1.75. The van der Waals surface area contributed by atoms with Crippen molar-refractivity contribution in [1.29, 1.82) is 0 Å². The highest BCUT2D eigenvalue weighted by molar-refractivity contribution is 14.1. The fourth-order valence-corrected chi connectivity index (χ4v) is 7.06. The molecule has 5 rings (SSSR count). The van der Waals surface area contributed by atoms with Crippen LogP contribution in [0.4, 0.5) is 0 Å². The number of methoxy groups -OCH3 is 1. The van der Waals surface area contributed by atoms with E-state index in [2.05, 4.69) is 22.6 Å². The summed E-state index contributed by atoms with van der Waals surface area (Å²) >= 11 is 4.99. The van der Waals surface area contributed by atoms with Gasteiger partial charge >= 0.3 is 5.97 Å². The largest absolute Gasteiger partial charge is 0.493 e. The number of hydrogen-bond acceptors (Lipinski definition) is 8. The predicted molar refractivity (Wildman–Crippen MR) is 167 cm³/mol. The van der Waals surface area contributed by atoms with Crippen molar-refractivity contribution >= 4 is 63.0 Å². The van der Waals surface area contributed by atoms with Gasteiger partial charge in [0.15, 0.2) is 16.3 Å². The van der Waals surface area contributed by atoms with Crippen LogP contribution in [0.2, 0.25) is 0 Å². The molecule has 0 saturated carbocycles. The monoisotopic (exact) mass is 686 g/mol. The molecule has 0 bridgehead atoms. The van der Waals surface area contributed by atoms with Gasteiger partial charge in [-0.2, -0.15) is 0 Å². The molecule has 0 amide bonds. The molecule has 3 heterocycles. The standard InChI is InChI=1S/C30H27IN2O5S2/c1-5-37-29(35)24-25(19-10-7-6-8-11-19)32-30-33(26(24)22-12-9-13-39-22)28(34)23(40-30)16-18-14-20(31)27(38-17(2)3)21(15-18)36-4/h6-17,26H,5H2,1-4H3/b23-16-/t26-/m1/s1. The van der Waals surface area contributed by atoms with Gasteiger partial charge in [0.25, 0.3) is 5.56 Å². The van der Waals surface area contributed by atoms with E-state index < -0.39 is 12.0 Å². The van der Waals surface area contributed by atoms with E-state index in [-0.39, 0.29) is 18.3 Å². The molecule has 0 unspecified atom stereocenters. The zero-order valence-corrected chi connectivity index (χ0v) is 26.1. The van der Waals surface area contributed by atoms with Crippen LogP contribution in [0.3, 0.4) is 0 Å². The van der Waals surface area contributed by atoms with Gasteiger partial charge in [-0.15, -0.1) is 11.3 Å². The Kier molecular flexibility index (Phi) is 8.57. The molecule has 206 valence electrons. The molecule has 0 fully saturated rings. The number of halogens is 1. The summed E-state index contributed by atoms with van der Waals surface area (Å²) in [4.78, 5) is 33.7. The highest BCUT2D eigenvalue weighted by atomic mass is 127. The molecule has 10 heteroatoms. The lowest BCUT2D eigenvalue weighted by molar-refractivity contribution is -0.138. The van der Waals surface area contributed by atoms with Crippen LogP contribution in [0.1, 0.15) is 42.8 Å². The second kappa shape index (κ2) is 12.1. The van der Waals surface area contributed by atoms with E-state index in [9.17, 15) is 9.59 Å². The van der Waals surface area contributed by atoms with Crippen LogP contribution in [-0.2, 0) is 9.53 Å². The second-order valence-electron chi connectivity index (χ2n) is 9.15. The van der Waals surface area contributed by atoms with Crippen LogP contribution in [-0.4, -0.2) is 30.4 Å². The quantitative estimate of drug-likeness (QED) is 0.184. The lowest BCUT2D eigenvalue weighted by Gasteiger charge is -2.24. The molecule has 1 atom stereocenters. The third-order valence-electron chi connectivity index (χ3n) is 6.09. The van der Waals surface area contributed by atoms with Crippen LogP contribution in [0.15, 0.2) is 75.3 Å². The SMILES string of the molecule is CCOC(=O)C1=C(c2ccccc2)N=c2s/c(=C\c3cc(I)c(OC(C)C)c(OC)c3)c(=O)n2[C@@H]1c1cccs1. The number of thiophene rings is 1. The molecule has 0 aliphatic carbocycles. The Morgan fingerprint density at radius 2 is 1.95 bits per heavy atom. The fourth-order valence-electron chi connectivity index (χ4n) is 4.48. The van der Waals surface area contributed by atoms with Crippen molar-refractivity contribution in [2.75, 3.05) is 13.7 Å². The van der Waals surface area contributed by atoms with Crippen molar-refractivity contribution in [3.05, 3.63) is 105 Å². The van der Waals surface area contributed by atoms with Crippen LogP contribution in [0.25, 0.3) is 11.8 Å². The van der Waals surface area contributed by atoms with Crippen molar-refractivity contribution in [3.63, 3.8) is 0 Å². The van der Waals surface area contributed by atoms with Gasteiger partial charge in [-0.05, 0) is 78.6 Å². The van der Waals surface area contributed by atoms with Crippen LogP contribution in [0, 0.1) is 3.57 Å². The summed E-state index contributed by atoms with van der Waals surface area (Å²) in [6.07, 6.45) is 1.82. The first-order valence-corrected chi connectivity index (χ1v) is 15.5. The van der Waals surface area contributed by atoms with Crippen molar-refractivity contribution in [2.24, 2.45) is 4.99 Å². The zero-order chi connectivity index (χ0) is 28.4. The Bertz CT molecular complexity index is 1760. The van der Waals surface area contributed by atoms with Gasteiger partial charge in [0.05, 0.1) is 39.2 Å². The van der Waals surface area contributed by atoms with Gasteiger partial charge in [-0.1, -0.05) is 47.7 Å². The minimum absolute atomic E-state index is 0.0124. The number of thiazole rings is 1. The van der Waals surface area contributed by atoms with Crippen molar-refractivity contribution in [2.45, 2.75) is 32.9 Å². The van der Waals surface area contributed by atoms with E-state index >= 15 is 0 Å². The molecule has 0 spiro atoms. The van der Waals surface area contributed by atoms with Crippen molar-refractivity contribution < 1.29 is 19.0 Å². The topological polar surface area (TPSA) is 79.1 Å². The van der Waals surface area contributed by atoms with E-state index in [1.807, 2.05) is 79.9 Å². The minimum Gasteiger partial charge on any atom is -0.493 e. The molecule has 1 aliphatic heterocycles. The number of rotatable bonds is 8. The molecule has 40 heavy (non-hydrogen) atoms. The number of esters is 1. The van der Waals surface area contributed by atoms with Crippen molar-refractivity contribution in [3.8, 4) is 11.5 Å². The highest BCUT2D eigenvalue weighted by Gasteiger charge is 2.35. The Labute approximate surface area is 253 Å². The Morgan fingerprint density at radius 3 is 2.60 bits per heavy atom. The molecule has 2 aromatic heterocycles. The fraction of sp³-hybridized carbons (Fsp3) is 0.233. The Morgan fingerprint density at radius 1 is 1.18 bits per heavy atom. The Hall–Kier alpha value is -3.22. The van der Waals surface area contributed by atoms with E-state index in [0.29, 0.717) is 32.1 Å². The maximum absolute atomic E-state index is 14.0. The van der Waals surface area contributed by atoms with E-state index in [1.54, 1.807) is 18.6 Å². The molecule has 0 N–H and O–H groups in total. The van der Waals surface area contributed by atoms with Crippen LogP contribution >= 0.6 is 45.3 Å². The number of nitrogens with zero attached hydrogens (tertiary/aromatic N) is 2. The van der Waals surface area contributed by atoms with Crippen molar-refractivity contribution in [1.82, 2.24) is 4.57 Å². The summed E-state index contributed by atoms with van der Waals surface area (Å²) in [6.45, 7) is 5.90. The van der Waals surface area contributed by atoms with E-state index in [4.69, 9.17) is 19.2 Å². The summed E-state index contributed by atoms with van der Waals surface area (Å²) in [5, 5.41) is 1.94. The predicted octanol–water partition coefficient (Wildman–Crippen LogP) is 5.40. The molecular formula is C30H27IN2O5S2. The number of hydrogen-bond donors (Lipinski definition) is 0. The number of carbonyl (C=O) groups is 1. The number of carbonyl (C=O) groups excluding carboxylic acids is 1. The molecule has 0 saturated heterocycles. The summed E-state index contributed by atoms with van der Waals surface area (Å²) in [5.41, 5.74) is 2.21. The third-order valence-corrected chi connectivity index (χ3v) is 8.80. The van der Waals surface area contributed by atoms with Crippen LogP contribution < -0.4 is 24.4 Å². The minimum atomic E-state index is -0.663.